The smallest absolute Gasteiger partial charge is 0.272 e. The van der Waals surface area contributed by atoms with Crippen molar-refractivity contribution in [3.63, 3.8) is 0 Å². The highest BCUT2D eigenvalue weighted by atomic mass is 35.5. The molecule has 1 heterocycles. The van der Waals surface area contributed by atoms with E-state index >= 15 is 0 Å². The summed E-state index contributed by atoms with van der Waals surface area (Å²) in [4.78, 5) is 61.3. The molecular weight excluding hydrogens is 468 g/mol. The fourth-order valence-corrected chi connectivity index (χ4v) is 4.32. The van der Waals surface area contributed by atoms with E-state index in [0.29, 0.717) is 12.8 Å². The molecule has 0 saturated carbocycles. The highest BCUT2D eigenvalue weighted by Crippen LogP contribution is 2.37. The second-order valence-corrected chi connectivity index (χ2v) is 8.28. The molecule has 2 aliphatic rings. The van der Waals surface area contributed by atoms with E-state index in [-0.39, 0.29) is 21.8 Å². The normalized spacial score (nSPS) is 19.1. The van der Waals surface area contributed by atoms with Gasteiger partial charge in [-0.05, 0) is 31.0 Å². The number of amides is 3. The lowest BCUT2D eigenvalue weighted by Crippen LogP contribution is -2.49. The molecule has 12 heteroatoms. The Morgan fingerprint density at radius 2 is 1.65 bits per heavy atom. The van der Waals surface area contributed by atoms with E-state index in [1.54, 1.807) is 12.2 Å². The number of nitrogens with zero attached hydrogens (tertiary/aromatic N) is 4. The van der Waals surface area contributed by atoms with Crippen LogP contribution in [0.2, 0.25) is 5.02 Å². The first-order valence-corrected chi connectivity index (χ1v) is 10.6. The van der Waals surface area contributed by atoms with Gasteiger partial charge in [0.25, 0.3) is 29.1 Å². The van der Waals surface area contributed by atoms with Crippen LogP contribution in [0.25, 0.3) is 0 Å². The molecule has 174 valence electrons. The lowest BCUT2D eigenvalue weighted by molar-refractivity contribution is -0.385. The largest absolute Gasteiger partial charge is 0.275 e. The van der Waals surface area contributed by atoms with Crippen molar-refractivity contribution < 1.29 is 24.2 Å². The summed E-state index contributed by atoms with van der Waals surface area (Å²) >= 11 is 5.88. The summed E-state index contributed by atoms with van der Waals surface area (Å²) in [6, 6.07) is 8.63. The quantitative estimate of drug-likeness (QED) is 0.263. The van der Waals surface area contributed by atoms with Gasteiger partial charge in [-0.3, -0.25) is 34.6 Å². The van der Waals surface area contributed by atoms with Crippen LogP contribution in [-0.2, 0) is 16.1 Å². The predicted molar refractivity (Wildman–Crippen MR) is 118 cm³/mol. The summed E-state index contributed by atoms with van der Waals surface area (Å²) in [5.74, 6) is -3.40. The Bertz CT molecular complexity index is 1240. The lowest BCUT2D eigenvalue weighted by atomic mass is 9.85. The summed E-state index contributed by atoms with van der Waals surface area (Å²) in [5, 5.41) is 24.4. The molecule has 0 aromatic heterocycles. The number of imide groups is 1. The van der Waals surface area contributed by atoms with Gasteiger partial charge in [0.1, 0.15) is 0 Å². The zero-order chi connectivity index (χ0) is 24.6. The summed E-state index contributed by atoms with van der Waals surface area (Å²) in [7, 11) is 0. The predicted octanol–water partition coefficient (Wildman–Crippen LogP) is 3.67. The zero-order valence-electron chi connectivity index (χ0n) is 17.5. The van der Waals surface area contributed by atoms with Crippen molar-refractivity contribution in [3.8, 4) is 0 Å². The van der Waals surface area contributed by atoms with Crippen molar-refractivity contribution in [1.82, 2.24) is 10.0 Å². The molecule has 0 spiro atoms. The molecule has 0 radical (unpaired) electrons. The molecule has 2 atom stereocenters. The second kappa shape index (κ2) is 9.02. The molecule has 1 saturated heterocycles. The first-order chi connectivity index (χ1) is 16.2. The number of nitro benzene ring substituents is 2. The molecule has 4 rings (SSSR count). The molecule has 3 amide bonds. The SMILES string of the molecule is O=C(c1cccc([N+](=O)[O-])c1)N(Cc1ccc(Cl)cc1[N+](=O)[O-])N1C(=O)[C@H]2CC=CC[C@@H]2C1=O. The minimum absolute atomic E-state index is 0.0294. The molecule has 2 aromatic rings. The number of benzene rings is 2. The number of fused-ring (bicyclic) bond motifs is 1. The van der Waals surface area contributed by atoms with Gasteiger partial charge in [-0.2, -0.15) is 5.01 Å². The van der Waals surface area contributed by atoms with Crippen molar-refractivity contribution in [2.75, 3.05) is 0 Å². The van der Waals surface area contributed by atoms with E-state index in [0.717, 1.165) is 22.2 Å². The summed E-state index contributed by atoms with van der Waals surface area (Å²) in [5.41, 5.74) is -0.885. The molecule has 0 N–H and O–H groups in total. The Hall–Kier alpha value is -4.12. The highest BCUT2D eigenvalue weighted by molar-refractivity contribution is 6.30. The Morgan fingerprint density at radius 3 is 2.24 bits per heavy atom. The van der Waals surface area contributed by atoms with Crippen molar-refractivity contribution in [2.45, 2.75) is 19.4 Å². The summed E-state index contributed by atoms with van der Waals surface area (Å²) < 4.78 is 0. The maximum Gasteiger partial charge on any atom is 0.275 e. The molecular formula is C22H17ClN4O7. The number of halogens is 1. The Morgan fingerprint density at radius 1 is 1.00 bits per heavy atom. The Balaban J connectivity index is 1.79. The minimum Gasteiger partial charge on any atom is -0.272 e. The summed E-state index contributed by atoms with van der Waals surface area (Å²) in [6.07, 6.45) is 4.22. The average molecular weight is 485 g/mol. The standard InChI is InChI=1S/C22H17ClN4O7/c23-15-9-8-14(19(11-15)27(33)34)12-24(20(28)13-4-3-5-16(10-13)26(31)32)25-21(29)17-6-1-2-7-18(17)22(25)30/h1-5,8-11,17-18H,6-7,12H2/t17-,18-/m0/s1. The number of hydrazine groups is 1. The van der Waals surface area contributed by atoms with Gasteiger partial charge in [0.2, 0.25) is 0 Å². The van der Waals surface area contributed by atoms with E-state index in [1.807, 2.05) is 0 Å². The van der Waals surface area contributed by atoms with Crippen LogP contribution in [0.5, 0.6) is 0 Å². The van der Waals surface area contributed by atoms with Crippen LogP contribution < -0.4 is 0 Å². The first kappa shape index (κ1) is 23.1. The number of carbonyl (C=O) groups excluding carboxylic acids is 3. The molecule has 34 heavy (non-hydrogen) atoms. The number of rotatable bonds is 6. The second-order valence-electron chi connectivity index (χ2n) is 7.84. The van der Waals surface area contributed by atoms with Gasteiger partial charge in [0.05, 0.1) is 33.8 Å². The van der Waals surface area contributed by atoms with Crippen molar-refractivity contribution in [3.05, 3.63) is 91.0 Å². The van der Waals surface area contributed by atoms with Crippen molar-refractivity contribution >= 4 is 40.7 Å². The number of hydrogen-bond donors (Lipinski definition) is 0. The number of non-ortho nitro benzene ring substituents is 1. The number of nitro groups is 2. The Kier molecular flexibility index (Phi) is 6.12. The van der Waals surface area contributed by atoms with Gasteiger partial charge in [-0.15, -0.1) is 0 Å². The monoisotopic (exact) mass is 484 g/mol. The van der Waals surface area contributed by atoms with Gasteiger partial charge >= 0.3 is 0 Å². The van der Waals surface area contributed by atoms with Crippen LogP contribution in [0.1, 0.15) is 28.8 Å². The van der Waals surface area contributed by atoms with Crippen LogP contribution in [-0.4, -0.2) is 37.6 Å². The van der Waals surface area contributed by atoms with Crippen LogP contribution in [0.15, 0.2) is 54.6 Å². The molecule has 1 aliphatic carbocycles. The highest BCUT2D eigenvalue weighted by Gasteiger charge is 2.51. The first-order valence-electron chi connectivity index (χ1n) is 10.2. The van der Waals surface area contributed by atoms with Crippen molar-refractivity contribution in [1.29, 1.82) is 0 Å². The summed E-state index contributed by atoms with van der Waals surface area (Å²) in [6.45, 7) is -0.501. The van der Waals surface area contributed by atoms with Gasteiger partial charge in [0.15, 0.2) is 0 Å². The number of hydrogen-bond acceptors (Lipinski definition) is 7. The van der Waals surface area contributed by atoms with E-state index < -0.39 is 51.6 Å². The van der Waals surface area contributed by atoms with Crippen LogP contribution in [0, 0.1) is 32.1 Å². The maximum atomic E-state index is 13.5. The molecule has 0 bridgehead atoms. The van der Waals surface area contributed by atoms with Gasteiger partial charge < -0.3 is 0 Å². The van der Waals surface area contributed by atoms with E-state index in [2.05, 4.69) is 0 Å². The van der Waals surface area contributed by atoms with Crippen LogP contribution in [0.4, 0.5) is 11.4 Å². The number of carbonyl (C=O) groups is 3. The maximum absolute atomic E-state index is 13.5. The third-order valence-electron chi connectivity index (χ3n) is 5.83. The third-order valence-corrected chi connectivity index (χ3v) is 6.06. The fourth-order valence-electron chi connectivity index (χ4n) is 4.16. The number of allylic oxidation sites excluding steroid dienone is 2. The van der Waals surface area contributed by atoms with Crippen LogP contribution in [0.3, 0.4) is 0 Å². The van der Waals surface area contributed by atoms with E-state index in [9.17, 15) is 34.6 Å². The van der Waals surface area contributed by atoms with Crippen molar-refractivity contribution in [2.24, 2.45) is 11.8 Å². The average Bonchev–Trinajstić information content (AvgIpc) is 3.08. The fraction of sp³-hybridized carbons (Fsp3) is 0.227. The minimum atomic E-state index is -0.888. The van der Waals surface area contributed by atoms with Gasteiger partial charge in [-0.25, -0.2) is 5.01 Å². The Labute approximate surface area is 197 Å². The third kappa shape index (κ3) is 4.13. The molecule has 2 aromatic carbocycles. The molecule has 0 unspecified atom stereocenters. The van der Waals surface area contributed by atoms with Crippen LogP contribution >= 0.6 is 11.6 Å². The topological polar surface area (TPSA) is 144 Å². The zero-order valence-corrected chi connectivity index (χ0v) is 18.3. The molecule has 11 nitrogen and oxygen atoms in total. The van der Waals surface area contributed by atoms with E-state index in [4.69, 9.17) is 11.6 Å². The van der Waals surface area contributed by atoms with Gasteiger partial charge in [-0.1, -0.05) is 29.8 Å². The van der Waals surface area contributed by atoms with E-state index in [1.165, 1.54) is 30.3 Å². The molecule has 1 aliphatic heterocycles. The van der Waals surface area contributed by atoms with Gasteiger partial charge in [0, 0.05) is 28.8 Å². The lowest BCUT2D eigenvalue weighted by Gasteiger charge is -2.30. The molecule has 1 fully saturated rings.